The first-order chi connectivity index (χ1) is 19.5. The minimum atomic E-state index is -4.49. The van der Waals surface area contributed by atoms with Crippen LogP contribution in [-0.2, 0) is 22.4 Å². The Hall–Kier alpha value is -4.25. The first kappa shape index (κ1) is 28.3. The van der Waals surface area contributed by atoms with Crippen molar-refractivity contribution in [2.75, 3.05) is 6.61 Å². The number of nitrogens with zero attached hydrogens (tertiary/aromatic N) is 1. The van der Waals surface area contributed by atoms with Gasteiger partial charge in [0.25, 0.3) is 0 Å². The van der Waals surface area contributed by atoms with Gasteiger partial charge in [-0.05, 0) is 59.7 Å². The Morgan fingerprint density at radius 2 is 1.56 bits per heavy atom. The fraction of sp³-hybridized carbons (Fsp3) is 0.103. The van der Waals surface area contributed by atoms with E-state index in [9.17, 15) is 22.8 Å². The molecular weight excluding hydrogens is 584 g/mol. The molecule has 12 heteroatoms. The number of benzene rings is 4. The quantitative estimate of drug-likeness (QED) is 0.143. The Bertz CT molecular complexity index is 1800. The van der Waals surface area contributed by atoms with Crippen LogP contribution in [0.5, 0.6) is 5.75 Å². The van der Waals surface area contributed by atoms with E-state index in [2.05, 4.69) is 0 Å². The van der Waals surface area contributed by atoms with Gasteiger partial charge in [-0.2, -0.15) is 18.1 Å². The minimum Gasteiger partial charge on any atom is -0.479 e. The maximum Gasteiger partial charge on any atom is 0.416 e. The van der Waals surface area contributed by atoms with Crippen LogP contribution in [0.25, 0.3) is 32.9 Å². The van der Waals surface area contributed by atoms with Crippen LogP contribution in [0.1, 0.15) is 21.5 Å². The van der Waals surface area contributed by atoms with Crippen molar-refractivity contribution in [3.63, 3.8) is 0 Å². The number of carboxylic acid groups (broad SMARTS) is 1. The number of primary amides is 1. The molecule has 0 saturated heterocycles. The fourth-order valence-corrected chi connectivity index (χ4v) is 5.32. The van der Waals surface area contributed by atoms with Crippen LogP contribution < -0.4 is 10.6 Å². The van der Waals surface area contributed by atoms with Gasteiger partial charge in [0.15, 0.2) is 12.4 Å². The number of alkyl halides is 3. The first-order valence-electron chi connectivity index (χ1n) is 12.0. The van der Waals surface area contributed by atoms with Gasteiger partial charge < -0.3 is 20.3 Å². The smallest absolute Gasteiger partial charge is 0.416 e. The summed E-state index contributed by atoms with van der Waals surface area (Å²) >= 11 is 13.0. The van der Waals surface area contributed by atoms with Crippen LogP contribution in [0.15, 0.2) is 72.8 Å². The number of nitrogens with two attached hydrogens (primary N) is 1. The maximum absolute atomic E-state index is 13.2. The van der Waals surface area contributed by atoms with Crippen molar-refractivity contribution in [3.05, 3.63) is 99.5 Å². The van der Waals surface area contributed by atoms with Crippen LogP contribution >= 0.6 is 23.2 Å². The van der Waals surface area contributed by atoms with Gasteiger partial charge in [-0.1, -0.05) is 47.5 Å². The molecule has 0 atom stereocenters. The van der Waals surface area contributed by atoms with Gasteiger partial charge in [-0.25, -0.2) is 4.79 Å². The van der Waals surface area contributed by atoms with Crippen LogP contribution in [0, 0.1) is 0 Å². The minimum absolute atomic E-state index is 0.0413. The third-order valence-electron chi connectivity index (χ3n) is 6.43. The molecule has 5 aromatic rings. The van der Waals surface area contributed by atoms with E-state index in [1.165, 1.54) is 24.3 Å². The predicted octanol–water partition coefficient (Wildman–Crippen LogP) is 7.33. The molecule has 4 aromatic carbocycles. The van der Waals surface area contributed by atoms with Crippen molar-refractivity contribution >= 4 is 56.9 Å². The standard InChI is InChI=1S/C29H19Cl2F3N2O5/c30-19-4-2-5-20(31)25(19)16-11-22-27(23(12-16)41-40-14-24(37)38)26-18(28(35)39)3-1-6-21(26)36(22)13-15-7-9-17(10-8-15)29(32,33)34/h1-12H,13-14H2,(H2,35,39)(H,37,38). The molecule has 0 aliphatic rings. The van der Waals surface area contributed by atoms with Crippen molar-refractivity contribution in [3.8, 4) is 16.9 Å². The summed E-state index contributed by atoms with van der Waals surface area (Å²) in [6.45, 7) is -0.694. The van der Waals surface area contributed by atoms with E-state index in [4.69, 9.17) is 43.8 Å². The molecule has 0 radical (unpaired) electrons. The molecule has 1 heterocycles. The molecule has 0 spiro atoms. The molecule has 7 nitrogen and oxygen atoms in total. The fourth-order valence-electron chi connectivity index (χ4n) is 4.71. The molecule has 210 valence electrons. The second-order valence-corrected chi connectivity index (χ2v) is 9.86. The number of hydrogen-bond donors (Lipinski definition) is 2. The summed E-state index contributed by atoms with van der Waals surface area (Å²) in [7, 11) is 0. The number of rotatable bonds is 8. The lowest BCUT2D eigenvalue weighted by atomic mass is 10.0. The lowest BCUT2D eigenvalue weighted by molar-refractivity contribution is -0.212. The van der Waals surface area contributed by atoms with Gasteiger partial charge in [0, 0.05) is 33.1 Å². The number of amides is 1. The van der Waals surface area contributed by atoms with E-state index in [1.807, 2.05) is 0 Å². The van der Waals surface area contributed by atoms with Gasteiger partial charge in [-0.3, -0.25) is 4.79 Å². The Kier molecular flexibility index (Phi) is 7.56. The number of aliphatic carboxylic acids is 1. The van der Waals surface area contributed by atoms with E-state index < -0.39 is 30.2 Å². The maximum atomic E-state index is 13.2. The van der Waals surface area contributed by atoms with Crippen LogP contribution in [0.4, 0.5) is 13.2 Å². The summed E-state index contributed by atoms with van der Waals surface area (Å²) in [5, 5.41) is 10.4. The molecule has 1 aromatic heterocycles. The average molecular weight is 603 g/mol. The summed E-state index contributed by atoms with van der Waals surface area (Å²) in [4.78, 5) is 34.0. The van der Waals surface area contributed by atoms with Crippen LogP contribution in [0.3, 0.4) is 0 Å². The Morgan fingerprint density at radius 3 is 2.17 bits per heavy atom. The molecule has 3 N–H and O–H groups in total. The normalized spacial score (nSPS) is 11.7. The summed E-state index contributed by atoms with van der Waals surface area (Å²) in [5.41, 5.74) is 7.49. The van der Waals surface area contributed by atoms with Gasteiger partial charge >= 0.3 is 12.1 Å². The van der Waals surface area contributed by atoms with E-state index in [1.54, 1.807) is 41.0 Å². The molecule has 0 aliphatic carbocycles. The number of halogens is 5. The van der Waals surface area contributed by atoms with E-state index >= 15 is 0 Å². The van der Waals surface area contributed by atoms with Crippen molar-refractivity contribution in [1.29, 1.82) is 0 Å². The highest BCUT2D eigenvalue weighted by atomic mass is 35.5. The zero-order chi connectivity index (χ0) is 29.5. The highest BCUT2D eigenvalue weighted by molar-refractivity contribution is 6.39. The summed E-state index contributed by atoms with van der Waals surface area (Å²) in [5.74, 6) is -1.98. The van der Waals surface area contributed by atoms with Crippen molar-refractivity contribution < 1.29 is 37.6 Å². The number of carboxylic acids is 1. The number of carbonyl (C=O) groups is 2. The van der Waals surface area contributed by atoms with Gasteiger partial charge in [0.05, 0.1) is 22.0 Å². The van der Waals surface area contributed by atoms with Crippen LogP contribution in [0.2, 0.25) is 10.0 Å². The molecule has 1 amide bonds. The Balaban J connectivity index is 1.81. The lowest BCUT2D eigenvalue weighted by Crippen LogP contribution is -2.11. The summed E-state index contributed by atoms with van der Waals surface area (Å²) in [6.07, 6.45) is -4.49. The largest absolute Gasteiger partial charge is 0.479 e. The van der Waals surface area contributed by atoms with Gasteiger partial charge in [0.1, 0.15) is 0 Å². The summed E-state index contributed by atoms with van der Waals surface area (Å²) in [6, 6.07) is 17.8. The number of hydrogen-bond acceptors (Lipinski definition) is 4. The molecule has 0 saturated carbocycles. The number of aromatic nitrogens is 1. The molecule has 41 heavy (non-hydrogen) atoms. The third kappa shape index (κ3) is 5.54. The monoisotopic (exact) mass is 602 g/mol. The highest BCUT2D eigenvalue weighted by Gasteiger charge is 2.30. The highest BCUT2D eigenvalue weighted by Crippen LogP contribution is 2.44. The lowest BCUT2D eigenvalue weighted by Gasteiger charge is -2.13. The zero-order valence-corrected chi connectivity index (χ0v) is 22.3. The topological polar surface area (TPSA) is 104 Å². The molecule has 0 aliphatic heterocycles. The number of carbonyl (C=O) groups excluding carboxylic acids is 1. The Morgan fingerprint density at radius 1 is 0.902 bits per heavy atom. The van der Waals surface area contributed by atoms with E-state index in [0.717, 1.165) is 12.1 Å². The molecule has 0 bridgehead atoms. The Labute approximate surface area is 240 Å². The molecule has 0 unspecified atom stereocenters. The zero-order valence-electron chi connectivity index (χ0n) is 20.8. The first-order valence-corrected chi connectivity index (χ1v) is 12.7. The van der Waals surface area contributed by atoms with Crippen LogP contribution in [-0.4, -0.2) is 28.2 Å². The van der Waals surface area contributed by atoms with Crippen molar-refractivity contribution in [2.45, 2.75) is 12.7 Å². The number of fused-ring (bicyclic) bond motifs is 3. The van der Waals surface area contributed by atoms with E-state index in [-0.39, 0.29) is 17.9 Å². The van der Waals surface area contributed by atoms with E-state index in [0.29, 0.717) is 48.5 Å². The van der Waals surface area contributed by atoms with Crippen molar-refractivity contribution in [2.24, 2.45) is 5.73 Å². The van der Waals surface area contributed by atoms with Gasteiger partial charge in [-0.15, -0.1) is 0 Å². The third-order valence-corrected chi connectivity index (χ3v) is 7.06. The van der Waals surface area contributed by atoms with Crippen molar-refractivity contribution in [1.82, 2.24) is 4.57 Å². The second-order valence-electron chi connectivity index (χ2n) is 9.05. The predicted molar refractivity (Wildman–Crippen MR) is 148 cm³/mol. The van der Waals surface area contributed by atoms with Gasteiger partial charge in [0.2, 0.25) is 5.91 Å². The SMILES string of the molecule is NC(=O)c1cccc2c1c1c(OOCC(=O)O)cc(-c3c(Cl)cccc3Cl)cc1n2Cc1ccc(C(F)(F)F)cc1. The second kappa shape index (κ2) is 11.0. The summed E-state index contributed by atoms with van der Waals surface area (Å²) < 4.78 is 41.3. The average Bonchev–Trinajstić information content (AvgIpc) is 3.21. The molecule has 5 rings (SSSR count). The molecule has 0 fully saturated rings. The molecular formula is C29H19Cl2F3N2O5.